The molecule has 1 heterocycles. The van der Waals surface area contributed by atoms with E-state index in [4.69, 9.17) is 15.3 Å². The fraction of sp³-hybridized carbons (Fsp3) is 0.0588. The Labute approximate surface area is 138 Å². The molecule has 0 unspecified atom stereocenters. The van der Waals surface area contributed by atoms with E-state index in [2.05, 4.69) is 10.5 Å². The van der Waals surface area contributed by atoms with Crippen molar-refractivity contribution in [3.8, 4) is 17.2 Å². The lowest BCUT2D eigenvalue weighted by Gasteiger charge is -2.16. The van der Waals surface area contributed by atoms with Crippen LogP contribution in [-0.4, -0.2) is 16.7 Å². The Morgan fingerprint density at radius 2 is 1.71 bits per heavy atom. The van der Waals surface area contributed by atoms with Gasteiger partial charge in [0.1, 0.15) is 11.6 Å². The Morgan fingerprint density at radius 1 is 1.04 bits per heavy atom. The number of hydrogen-bond acceptors (Lipinski definition) is 6. The van der Waals surface area contributed by atoms with Crippen molar-refractivity contribution in [3.63, 3.8) is 0 Å². The van der Waals surface area contributed by atoms with E-state index in [0.717, 1.165) is 5.69 Å². The number of aromatic nitrogens is 2. The molecule has 3 N–H and O–H groups in total. The summed E-state index contributed by atoms with van der Waals surface area (Å²) in [5, 5.41) is 0. The number of ether oxygens (including phenoxy) is 1. The molecule has 24 heavy (non-hydrogen) atoms. The summed E-state index contributed by atoms with van der Waals surface area (Å²) in [6.45, 7) is 0. The summed E-state index contributed by atoms with van der Waals surface area (Å²) < 4.78 is 6.68. The lowest BCUT2D eigenvalue weighted by atomic mass is 10.3. The van der Waals surface area contributed by atoms with Crippen molar-refractivity contribution < 1.29 is 9.57 Å². The maximum Gasteiger partial charge on any atom is 0.276 e. The Hall–Kier alpha value is -3.48. The van der Waals surface area contributed by atoms with Gasteiger partial charge in [-0.25, -0.2) is 0 Å². The number of rotatable bonds is 5. The topological polar surface area (TPSA) is 91.4 Å². The Morgan fingerprint density at radius 3 is 2.38 bits per heavy atom. The fourth-order valence-corrected chi connectivity index (χ4v) is 2.17. The number of nitrogens with zero attached hydrogens (tertiary/aromatic N) is 2. The molecule has 0 fully saturated rings. The van der Waals surface area contributed by atoms with Gasteiger partial charge in [-0.1, -0.05) is 18.2 Å². The molecule has 0 radical (unpaired) electrons. The highest BCUT2D eigenvalue weighted by atomic mass is 16.6. The van der Waals surface area contributed by atoms with Crippen LogP contribution in [-0.2, 0) is 0 Å². The van der Waals surface area contributed by atoms with Crippen LogP contribution in [0.2, 0.25) is 0 Å². The standard InChI is InChI=1S/C17H16N4O3/c1-23-13-7-9-14(10-8-13)24-20-17-19-16(22)11-15(18)21(17)12-5-3-2-4-6-12/h2-11H,18H2,1H3,(H,19,20,22). The van der Waals surface area contributed by atoms with Crippen LogP contribution in [0.4, 0.5) is 11.8 Å². The minimum atomic E-state index is -0.458. The smallest absolute Gasteiger partial charge is 0.276 e. The summed E-state index contributed by atoms with van der Waals surface area (Å²) in [5.41, 5.74) is 8.95. The van der Waals surface area contributed by atoms with E-state index in [9.17, 15) is 4.79 Å². The number of nitrogens with one attached hydrogen (secondary N) is 1. The number of methoxy groups -OCH3 is 1. The summed E-state index contributed by atoms with van der Waals surface area (Å²) >= 11 is 0. The average Bonchev–Trinajstić information content (AvgIpc) is 2.60. The molecule has 0 saturated heterocycles. The second-order valence-corrected chi connectivity index (χ2v) is 4.89. The van der Waals surface area contributed by atoms with Gasteiger partial charge in [0.25, 0.3) is 5.56 Å². The lowest BCUT2D eigenvalue weighted by molar-refractivity contribution is 0.391. The van der Waals surface area contributed by atoms with Crippen LogP contribution in [0.25, 0.3) is 5.69 Å². The molecule has 0 aliphatic rings. The first-order valence-corrected chi connectivity index (χ1v) is 7.19. The third-order valence-electron chi connectivity index (χ3n) is 3.29. The number of anilines is 2. The predicted octanol–water partition coefficient (Wildman–Crippen LogP) is 2.23. The lowest BCUT2D eigenvalue weighted by Crippen LogP contribution is -2.21. The van der Waals surface area contributed by atoms with Crippen LogP contribution >= 0.6 is 0 Å². The molecule has 2 aromatic carbocycles. The van der Waals surface area contributed by atoms with Gasteiger partial charge in [0.15, 0.2) is 5.75 Å². The van der Waals surface area contributed by atoms with Gasteiger partial charge in [-0.15, -0.1) is 0 Å². The summed E-state index contributed by atoms with van der Waals surface area (Å²) in [7, 11) is 1.59. The van der Waals surface area contributed by atoms with E-state index in [1.807, 2.05) is 30.3 Å². The van der Waals surface area contributed by atoms with Crippen LogP contribution in [0.1, 0.15) is 0 Å². The van der Waals surface area contributed by atoms with E-state index in [0.29, 0.717) is 11.5 Å². The zero-order chi connectivity index (χ0) is 16.9. The average molecular weight is 324 g/mol. The quantitative estimate of drug-likeness (QED) is 0.699. The largest absolute Gasteiger partial charge is 0.497 e. The third-order valence-corrected chi connectivity index (χ3v) is 3.29. The fourth-order valence-electron chi connectivity index (χ4n) is 2.17. The second-order valence-electron chi connectivity index (χ2n) is 4.89. The first kappa shape index (κ1) is 15.4. The number of para-hydroxylation sites is 1. The first-order chi connectivity index (χ1) is 11.7. The molecule has 0 spiro atoms. The molecule has 0 amide bonds. The summed E-state index contributed by atoms with van der Waals surface area (Å²) in [4.78, 5) is 21.1. The summed E-state index contributed by atoms with van der Waals surface area (Å²) in [6.07, 6.45) is 0. The highest BCUT2D eigenvalue weighted by molar-refractivity contribution is 5.50. The number of hydrogen-bond donors (Lipinski definition) is 2. The van der Waals surface area contributed by atoms with Gasteiger partial charge < -0.3 is 15.3 Å². The molecule has 7 heteroatoms. The maximum absolute atomic E-state index is 11.7. The molecular weight excluding hydrogens is 308 g/mol. The highest BCUT2D eigenvalue weighted by Crippen LogP contribution is 2.20. The number of nitrogen functional groups attached to an aromatic ring is 1. The van der Waals surface area contributed by atoms with Gasteiger partial charge in [0.2, 0.25) is 5.95 Å². The molecular formula is C17H16N4O3. The highest BCUT2D eigenvalue weighted by Gasteiger charge is 2.10. The Balaban J connectivity index is 1.90. The molecule has 0 saturated carbocycles. The molecule has 3 aromatic rings. The molecule has 3 rings (SSSR count). The van der Waals surface area contributed by atoms with Crippen molar-refractivity contribution >= 4 is 11.8 Å². The van der Waals surface area contributed by atoms with Crippen molar-refractivity contribution in [2.24, 2.45) is 0 Å². The van der Waals surface area contributed by atoms with E-state index < -0.39 is 5.56 Å². The van der Waals surface area contributed by atoms with Crippen LogP contribution < -0.4 is 26.3 Å². The normalized spacial score (nSPS) is 10.2. The van der Waals surface area contributed by atoms with Crippen molar-refractivity contribution in [2.75, 3.05) is 18.3 Å². The van der Waals surface area contributed by atoms with Gasteiger partial charge in [-0.3, -0.25) is 9.36 Å². The Bertz CT molecular complexity index is 877. The zero-order valence-corrected chi connectivity index (χ0v) is 13.0. The molecule has 0 atom stereocenters. The molecule has 1 aromatic heterocycles. The van der Waals surface area contributed by atoms with Gasteiger partial charge >= 0.3 is 0 Å². The van der Waals surface area contributed by atoms with Gasteiger partial charge in [0, 0.05) is 6.07 Å². The molecule has 0 aliphatic carbocycles. The van der Waals surface area contributed by atoms with Crippen molar-refractivity contribution in [1.82, 2.24) is 9.55 Å². The van der Waals surface area contributed by atoms with Crippen LogP contribution in [0.15, 0.2) is 65.5 Å². The van der Waals surface area contributed by atoms with Gasteiger partial charge in [-0.2, -0.15) is 10.5 Å². The molecule has 0 aliphatic heterocycles. The summed E-state index contributed by atoms with van der Waals surface area (Å²) in [6, 6.07) is 17.5. The minimum Gasteiger partial charge on any atom is -0.497 e. The van der Waals surface area contributed by atoms with E-state index in [1.165, 1.54) is 6.07 Å². The molecule has 7 nitrogen and oxygen atoms in total. The number of benzene rings is 2. The minimum absolute atomic E-state index is 0.182. The van der Waals surface area contributed by atoms with Crippen LogP contribution in [0, 0.1) is 0 Å². The van der Waals surface area contributed by atoms with Crippen LogP contribution in [0.5, 0.6) is 11.5 Å². The monoisotopic (exact) mass is 324 g/mol. The van der Waals surface area contributed by atoms with Gasteiger partial charge in [0.05, 0.1) is 12.8 Å². The maximum atomic E-state index is 11.7. The second kappa shape index (κ2) is 6.74. The van der Waals surface area contributed by atoms with E-state index >= 15 is 0 Å². The van der Waals surface area contributed by atoms with Crippen molar-refractivity contribution in [2.45, 2.75) is 0 Å². The molecule has 122 valence electrons. The SMILES string of the molecule is COc1ccc(ONc2nc(=O)cc(N)n2-c2ccccc2)cc1. The van der Waals surface area contributed by atoms with Gasteiger partial charge in [-0.05, 0) is 36.4 Å². The van der Waals surface area contributed by atoms with Crippen molar-refractivity contribution in [1.29, 1.82) is 0 Å². The van der Waals surface area contributed by atoms with E-state index in [1.54, 1.807) is 35.9 Å². The molecule has 0 bridgehead atoms. The first-order valence-electron chi connectivity index (χ1n) is 7.19. The number of nitrogens with two attached hydrogens (primary N) is 1. The predicted molar refractivity (Wildman–Crippen MR) is 91.5 cm³/mol. The third kappa shape index (κ3) is 3.30. The Kier molecular flexibility index (Phi) is 4.33. The van der Waals surface area contributed by atoms with Crippen molar-refractivity contribution in [3.05, 3.63) is 71.0 Å². The zero-order valence-electron chi connectivity index (χ0n) is 13.0. The van der Waals surface area contributed by atoms with E-state index in [-0.39, 0.29) is 11.8 Å². The van der Waals surface area contributed by atoms with Crippen LogP contribution in [0.3, 0.4) is 0 Å². The summed E-state index contributed by atoms with van der Waals surface area (Å²) in [5.74, 6) is 1.68.